The summed E-state index contributed by atoms with van der Waals surface area (Å²) in [6.07, 6.45) is 0.939. The Bertz CT molecular complexity index is 190. The maximum Gasteiger partial charge on any atom is 0.0733 e. The van der Waals surface area contributed by atoms with Crippen LogP contribution in [0.25, 0.3) is 0 Å². The molecule has 0 aromatic rings. The maximum atomic E-state index is 10.2. The molecule has 3 nitrogen and oxygen atoms in total. The topological polar surface area (TPSA) is 26.7 Å². The van der Waals surface area contributed by atoms with E-state index in [2.05, 4.69) is 23.6 Å². The monoisotopic (exact) mass is 198 g/mol. The minimum atomic E-state index is -0.136. The van der Waals surface area contributed by atoms with Crippen LogP contribution in [-0.4, -0.2) is 59.8 Å². The van der Waals surface area contributed by atoms with E-state index < -0.39 is 0 Å². The number of fused-ring (bicyclic) bond motifs is 3. The van der Waals surface area contributed by atoms with Crippen LogP contribution in [0.3, 0.4) is 0 Å². The molecule has 82 valence electrons. The average Bonchev–Trinajstić information content (AvgIpc) is 2.28. The minimum absolute atomic E-state index is 0.136. The maximum absolute atomic E-state index is 10.2. The van der Waals surface area contributed by atoms with E-state index in [4.69, 9.17) is 0 Å². The molecule has 3 aliphatic rings. The van der Waals surface area contributed by atoms with E-state index in [1.807, 2.05) is 0 Å². The van der Waals surface area contributed by atoms with E-state index in [1.54, 1.807) is 0 Å². The molecular formula is C11H22N2O. The van der Waals surface area contributed by atoms with Crippen LogP contribution in [0.4, 0.5) is 0 Å². The lowest BCUT2D eigenvalue weighted by atomic mass is 9.91. The van der Waals surface area contributed by atoms with Gasteiger partial charge >= 0.3 is 0 Å². The zero-order valence-electron chi connectivity index (χ0n) is 9.32. The van der Waals surface area contributed by atoms with Crippen LogP contribution in [0.15, 0.2) is 0 Å². The molecule has 3 rings (SSSR count). The molecule has 2 bridgehead atoms. The SMILES string of the molecule is CCC(C)C(O)C1CN2CCN1CC2. The number of rotatable bonds is 3. The second-order valence-corrected chi connectivity index (χ2v) is 4.78. The molecule has 14 heavy (non-hydrogen) atoms. The van der Waals surface area contributed by atoms with Gasteiger partial charge in [0.15, 0.2) is 0 Å². The van der Waals surface area contributed by atoms with Crippen molar-refractivity contribution in [3.63, 3.8) is 0 Å². The standard InChI is InChI=1S/C11H22N2O/c1-3-9(2)11(14)10-8-12-4-6-13(10)7-5-12/h9-11,14H,3-8H2,1-2H3. The molecule has 0 radical (unpaired) electrons. The Hall–Kier alpha value is -0.120. The van der Waals surface area contributed by atoms with Gasteiger partial charge < -0.3 is 5.11 Å². The first-order valence-corrected chi connectivity index (χ1v) is 5.87. The lowest BCUT2D eigenvalue weighted by Crippen LogP contribution is -2.65. The molecule has 0 saturated carbocycles. The van der Waals surface area contributed by atoms with Crippen LogP contribution in [0.1, 0.15) is 20.3 Å². The molecule has 3 unspecified atom stereocenters. The van der Waals surface area contributed by atoms with Crippen molar-refractivity contribution < 1.29 is 5.11 Å². The van der Waals surface area contributed by atoms with E-state index in [1.165, 1.54) is 13.1 Å². The first-order valence-electron chi connectivity index (χ1n) is 5.87. The highest BCUT2D eigenvalue weighted by molar-refractivity contribution is 4.93. The van der Waals surface area contributed by atoms with Crippen LogP contribution in [0.5, 0.6) is 0 Å². The van der Waals surface area contributed by atoms with Crippen molar-refractivity contribution in [3.8, 4) is 0 Å². The molecule has 3 aliphatic heterocycles. The zero-order valence-corrected chi connectivity index (χ0v) is 9.32. The Balaban J connectivity index is 1.97. The van der Waals surface area contributed by atoms with Gasteiger partial charge in [-0.05, 0) is 5.92 Å². The molecule has 3 saturated heterocycles. The Morgan fingerprint density at radius 2 is 1.93 bits per heavy atom. The normalized spacial score (nSPS) is 40.9. The zero-order chi connectivity index (χ0) is 10.1. The fraction of sp³-hybridized carbons (Fsp3) is 1.00. The third-order valence-corrected chi connectivity index (χ3v) is 3.94. The van der Waals surface area contributed by atoms with E-state index in [0.717, 1.165) is 26.1 Å². The van der Waals surface area contributed by atoms with Gasteiger partial charge in [-0.25, -0.2) is 0 Å². The minimum Gasteiger partial charge on any atom is -0.391 e. The van der Waals surface area contributed by atoms with Crippen molar-refractivity contribution in [2.75, 3.05) is 32.7 Å². The summed E-state index contributed by atoms with van der Waals surface area (Å²) in [5.74, 6) is 0.431. The highest BCUT2D eigenvalue weighted by Gasteiger charge is 2.37. The summed E-state index contributed by atoms with van der Waals surface area (Å²) in [5.41, 5.74) is 0. The second-order valence-electron chi connectivity index (χ2n) is 4.78. The Labute approximate surface area is 86.7 Å². The van der Waals surface area contributed by atoms with Gasteiger partial charge in [-0.2, -0.15) is 0 Å². The van der Waals surface area contributed by atoms with Gasteiger partial charge in [0, 0.05) is 38.8 Å². The lowest BCUT2D eigenvalue weighted by molar-refractivity contribution is -0.0628. The molecule has 3 fully saturated rings. The van der Waals surface area contributed by atoms with Crippen LogP contribution < -0.4 is 0 Å². The predicted octanol–water partition coefficient (Wildman–Crippen LogP) is 0.393. The lowest BCUT2D eigenvalue weighted by Gasteiger charge is -2.49. The summed E-state index contributed by atoms with van der Waals surface area (Å²) in [6, 6.07) is 0.396. The number of piperazine rings is 3. The Kier molecular flexibility index (Phi) is 3.10. The molecule has 3 heterocycles. The van der Waals surface area contributed by atoms with E-state index in [9.17, 15) is 5.11 Å². The quantitative estimate of drug-likeness (QED) is 0.711. The Morgan fingerprint density at radius 1 is 1.29 bits per heavy atom. The molecule has 0 amide bonds. The number of aliphatic hydroxyl groups excluding tert-OH is 1. The first kappa shape index (κ1) is 10.4. The average molecular weight is 198 g/mol. The van der Waals surface area contributed by atoms with Gasteiger partial charge in [0.25, 0.3) is 0 Å². The molecule has 3 atom stereocenters. The fourth-order valence-corrected chi connectivity index (χ4v) is 2.60. The molecule has 0 spiro atoms. The van der Waals surface area contributed by atoms with Gasteiger partial charge in [0.1, 0.15) is 0 Å². The van der Waals surface area contributed by atoms with Crippen LogP contribution >= 0.6 is 0 Å². The first-order chi connectivity index (χ1) is 6.72. The van der Waals surface area contributed by atoms with Gasteiger partial charge in [0.05, 0.1) is 6.10 Å². The summed E-state index contributed by atoms with van der Waals surface area (Å²) < 4.78 is 0. The van der Waals surface area contributed by atoms with Crippen LogP contribution in [-0.2, 0) is 0 Å². The summed E-state index contributed by atoms with van der Waals surface area (Å²) in [5, 5.41) is 10.2. The largest absolute Gasteiger partial charge is 0.391 e. The highest BCUT2D eigenvalue weighted by atomic mass is 16.3. The molecule has 0 aliphatic carbocycles. The number of hydrogen-bond acceptors (Lipinski definition) is 3. The van der Waals surface area contributed by atoms with E-state index in [-0.39, 0.29) is 6.10 Å². The van der Waals surface area contributed by atoms with Gasteiger partial charge in [-0.3, -0.25) is 9.80 Å². The summed E-state index contributed by atoms with van der Waals surface area (Å²) >= 11 is 0. The number of aliphatic hydroxyl groups is 1. The van der Waals surface area contributed by atoms with Gasteiger partial charge in [-0.15, -0.1) is 0 Å². The van der Waals surface area contributed by atoms with Crippen molar-refractivity contribution in [3.05, 3.63) is 0 Å². The summed E-state index contributed by atoms with van der Waals surface area (Å²) in [7, 11) is 0. The smallest absolute Gasteiger partial charge is 0.0733 e. The summed E-state index contributed by atoms with van der Waals surface area (Å²) in [4.78, 5) is 4.95. The van der Waals surface area contributed by atoms with Gasteiger partial charge in [-0.1, -0.05) is 20.3 Å². The molecule has 3 heteroatoms. The van der Waals surface area contributed by atoms with Crippen molar-refractivity contribution in [1.29, 1.82) is 0 Å². The number of nitrogens with zero attached hydrogens (tertiary/aromatic N) is 2. The van der Waals surface area contributed by atoms with Crippen LogP contribution in [0.2, 0.25) is 0 Å². The molecule has 0 aromatic heterocycles. The van der Waals surface area contributed by atoms with E-state index >= 15 is 0 Å². The summed E-state index contributed by atoms with van der Waals surface area (Å²) in [6.45, 7) is 10.1. The third kappa shape index (κ3) is 1.81. The van der Waals surface area contributed by atoms with Crippen LogP contribution in [0, 0.1) is 5.92 Å². The fourth-order valence-electron chi connectivity index (χ4n) is 2.60. The number of hydrogen-bond donors (Lipinski definition) is 1. The molecule has 0 aromatic carbocycles. The second kappa shape index (κ2) is 4.17. The highest BCUT2D eigenvalue weighted by Crippen LogP contribution is 2.22. The van der Waals surface area contributed by atoms with Crippen molar-refractivity contribution >= 4 is 0 Å². The molecular weight excluding hydrogens is 176 g/mol. The van der Waals surface area contributed by atoms with E-state index in [0.29, 0.717) is 12.0 Å². The molecule has 1 N–H and O–H groups in total. The van der Waals surface area contributed by atoms with Crippen molar-refractivity contribution in [2.24, 2.45) is 5.92 Å². The van der Waals surface area contributed by atoms with Crippen molar-refractivity contribution in [2.45, 2.75) is 32.4 Å². The van der Waals surface area contributed by atoms with Gasteiger partial charge in [0.2, 0.25) is 0 Å². The predicted molar refractivity (Wildman–Crippen MR) is 57.3 cm³/mol. The third-order valence-electron chi connectivity index (χ3n) is 3.94. The Morgan fingerprint density at radius 3 is 2.36 bits per heavy atom. The van der Waals surface area contributed by atoms with Crippen molar-refractivity contribution in [1.82, 2.24) is 9.80 Å².